The van der Waals surface area contributed by atoms with Gasteiger partial charge in [0, 0.05) is 19.5 Å². The molecule has 3 atom stereocenters. The Kier molecular flexibility index (Phi) is 3.89. The number of fused-ring (bicyclic) bond motifs is 2. The fraction of sp³-hybridized carbons (Fsp3) is 0.692. The summed E-state index contributed by atoms with van der Waals surface area (Å²) in [4.78, 5) is 24.2. The van der Waals surface area contributed by atoms with Gasteiger partial charge in [0.05, 0.1) is 0 Å². The summed E-state index contributed by atoms with van der Waals surface area (Å²) in [6, 6.07) is 0. The topological polar surface area (TPSA) is 66.8 Å². The molecule has 2 bridgehead atoms. The minimum Gasteiger partial charge on any atom is -0.481 e. The zero-order valence-electron chi connectivity index (χ0n) is 10.4. The van der Waals surface area contributed by atoms with Crippen molar-refractivity contribution >= 4 is 12.1 Å². The van der Waals surface area contributed by atoms with Gasteiger partial charge in [0.15, 0.2) is 0 Å². The van der Waals surface area contributed by atoms with Crippen LogP contribution in [0.2, 0.25) is 0 Å². The number of aliphatic carboxylic acids is 1. The van der Waals surface area contributed by atoms with Gasteiger partial charge in [-0.05, 0) is 30.6 Å². The van der Waals surface area contributed by atoms with Crippen molar-refractivity contribution in [2.45, 2.75) is 19.3 Å². The fourth-order valence-electron chi connectivity index (χ4n) is 3.22. The molecule has 1 N–H and O–H groups in total. The molecule has 0 unspecified atom stereocenters. The number of likely N-dealkylation sites (tertiary alicyclic amines) is 1. The number of carboxylic acid groups (broad SMARTS) is 1. The van der Waals surface area contributed by atoms with Crippen LogP contribution in [-0.2, 0) is 9.53 Å². The van der Waals surface area contributed by atoms with Crippen molar-refractivity contribution in [1.82, 2.24) is 4.90 Å². The van der Waals surface area contributed by atoms with Crippen molar-refractivity contribution in [3.63, 3.8) is 0 Å². The summed E-state index contributed by atoms with van der Waals surface area (Å²) in [6.07, 6.45) is 3.42. The van der Waals surface area contributed by atoms with Gasteiger partial charge in [0.2, 0.25) is 0 Å². The number of carbonyl (C=O) groups excluding carboxylic acids is 1. The quantitative estimate of drug-likeness (QED) is 0.775. The highest BCUT2D eigenvalue weighted by Crippen LogP contribution is 2.42. The van der Waals surface area contributed by atoms with E-state index in [1.807, 2.05) is 0 Å². The third-order valence-electron chi connectivity index (χ3n) is 3.89. The van der Waals surface area contributed by atoms with Gasteiger partial charge < -0.3 is 14.7 Å². The maximum absolute atomic E-state index is 11.7. The lowest BCUT2D eigenvalue weighted by molar-refractivity contribution is -0.138. The van der Waals surface area contributed by atoms with Crippen LogP contribution in [0.4, 0.5) is 4.79 Å². The van der Waals surface area contributed by atoms with Crippen molar-refractivity contribution in [3.05, 3.63) is 12.7 Å². The summed E-state index contributed by atoms with van der Waals surface area (Å²) >= 11 is 0. The number of hydrogen-bond acceptors (Lipinski definition) is 3. The highest BCUT2D eigenvalue weighted by atomic mass is 16.6. The van der Waals surface area contributed by atoms with Gasteiger partial charge in [0.1, 0.15) is 6.61 Å². The van der Waals surface area contributed by atoms with Crippen LogP contribution in [-0.4, -0.2) is 41.8 Å². The number of ether oxygens (including phenoxy) is 1. The number of carbonyl (C=O) groups is 2. The van der Waals surface area contributed by atoms with E-state index in [2.05, 4.69) is 6.58 Å². The Morgan fingerprint density at radius 2 is 2.17 bits per heavy atom. The maximum atomic E-state index is 11.7. The van der Waals surface area contributed by atoms with Crippen LogP contribution in [0.3, 0.4) is 0 Å². The lowest BCUT2D eigenvalue weighted by Gasteiger charge is -2.31. The predicted octanol–water partition coefficient (Wildman–Crippen LogP) is 1.74. The average Bonchev–Trinajstić information content (AvgIpc) is 2.60. The highest BCUT2D eigenvalue weighted by Gasteiger charge is 2.42. The van der Waals surface area contributed by atoms with Crippen LogP contribution in [0.1, 0.15) is 19.3 Å². The number of nitrogens with zero attached hydrogens (tertiary/aromatic N) is 1. The first-order valence-corrected chi connectivity index (χ1v) is 6.34. The Hall–Kier alpha value is -1.52. The first kappa shape index (κ1) is 12.9. The van der Waals surface area contributed by atoms with Gasteiger partial charge in [-0.25, -0.2) is 4.79 Å². The van der Waals surface area contributed by atoms with E-state index < -0.39 is 5.97 Å². The zero-order valence-corrected chi connectivity index (χ0v) is 10.4. The fourth-order valence-corrected chi connectivity index (χ4v) is 3.22. The molecule has 1 amide bonds. The lowest BCUT2D eigenvalue weighted by Crippen LogP contribution is -2.41. The minimum atomic E-state index is -0.742. The molecule has 2 fully saturated rings. The van der Waals surface area contributed by atoms with Crippen LogP contribution in [0.25, 0.3) is 0 Å². The molecule has 1 saturated heterocycles. The van der Waals surface area contributed by atoms with Crippen molar-refractivity contribution < 1.29 is 19.4 Å². The van der Waals surface area contributed by atoms with Gasteiger partial charge >= 0.3 is 12.1 Å². The molecule has 1 saturated carbocycles. The molecule has 0 aromatic rings. The molecule has 0 radical (unpaired) electrons. The lowest BCUT2D eigenvalue weighted by atomic mass is 9.92. The van der Waals surface area contributed by atoms with Crippen LogP contribution in [0.5, 0.6) is 0 Å². The molecule has 5 nitrogen and oxygen atoms in total. The summed E-state index contributed by atoms with van der Waals surface area (Å²) in [6.45, 7) is 5.06. The SMILES string of the molecule is C=CCOC(=O)N1C[C@@H]2C[C@@H](CC(=O)O)[C@@H](C2)C1. The molecular formula is C13H19NO4. The van der Waals surface area contributed by atoms with Crippen molar-refractivity contribution in [2.24, 2.45) is 17.8 Å². The number of piperidine rings is 1. The summed E-state index contributed by atoms with van der Waals surface area (Å²) in [5.41, 5.74) is 0. The number of rotatable bonds is 4. The standard InChI is InChI=1S/C13H19NO4/c1-2-3-18-13(17)14-7-9-4-10(6-12(15)16)11(5-9)8-14/h2,9-11H,1,3-8H2,(H,15,16)/t9-,10+,11+/m1/s1. The van der Waals surface area contributed by atoms with E-state index in [0.29, 0.717) is 24.9 Å². The molecule has 100 valence electrons. The highest BCUT2D eigenvalue weighted by molar-refractivity contribution is 5.68. The molecule has 18 heavy (non-hydrogen) atoms. The molecule has 1 aliphatic carbocycles. The second-order valence-electron chi connectivity index (χ2n) is 5.23. The Balaban J connectivity index is 1.91. The molecule has 0 aromatic heterocycles. The van der Waals surface area contributed by atoms with Gasteiger partial charge in [-0.2, -0.15) is 0 Å². The summed E-state index contributed by atoms with van der Waals surface area (Å²) in [5.74, 6) is 0.221. The predicted molar refractivity (Wildman–Crippen MR) is 65.1 cm³/mol. The van der Waals surface area contributed by atoms with Gasteiger partial charge in [-0.15, -0.1) is 0 Å². The molecule has 0 spiro atoms. The molecule has 2 rings (SSSR count). The minimum absolute atomic E-state index is 0.213. The maximum Gasteiger partial charge on any atom is 0.410 e. The van der Waals surface area contributed by atoms with Crippen LogP contribution < -0.4 is 0 Å². The molecule has 5 heteroatoms. The normalized spacial score (nSPS) is 30.0. The molecule has 0 aromatic carbocycles. The number of amides is 1. The number of hydrogen-bond donors (Lipinski definition) is 1. The van der Waals surface area contributed by atoms with E-state index in [1.54, 1.807) is 11.0 Å². The molecular weight excluding hydrogens is 234 g/mol. The van der Waals surface area contributed by atoms with Gasteiger partial charge in [-0.3, -0.25) is 4.79 Å². The van der Waals surface area contributed by atoms with E-state index in [0.717, 1.165) is 12.8 Å². The summed E-state index contributed by atoms with van der Waals surface area (Å²) < 4.78 is 5.02. The zero-order chi connectivity index (χ0) is 13.1. The van der Waals surface area contributed by atoms with E-state index in [1.165, 1.54) is 0 Å². The Labute approximate surface area is 106 Å². The first-order valence-electron chi connectivity index (χ1n) is 6.34. The van der Waals surface area contributed by atoms with Crippen molar-refractivity contribution in [1.29, 1.82) is 0 Å². The van der Waals surface area contributed by atoms with E-state index in [9.17, 15) is 9.59 Å². The Morgan fingerprint density at radius 1 is 1.39 bits per heavy atom. The van der Waals surface area contributed by atoms with E-state index in [-0.39, 0.29) is 25.0 Å². The molecule has 1 aliphatic heterocycles. The van der Waals surface area contributed by atoms with Crippen LogP contribution in [0, 0.1) is 17.8 Å². The van der Waals surface area contributed by atoms with E-state index >= 15 is 0 Å². The third kappa shape index (κ3) is 2.83. The second-order valence-corrected chi connectivity index (χ2v) is 5.23. The summed E-state index contributed by atoms with van der Waals surface area (Å²) in [5, 5.41) is 8.87. The second kappa shape index (κ2) is 5.42. The molecule has 2 aliphatic rings. The van der Waals surface area contributed by atoms with Crippen LogP contribution in [0.15, 0.2) is 12.7 Å². The number of carboxylic acids is 1. The Morgan fingerprint density at radius 3 is 2.83 bits per heavy atom. The smallest absolute Gasteiger partial charge is 0.410 e. The average molecular weight is 253 g/mol. The first-order chi connectivity index (χ1) is 8.60. The monoisotopic (exact) mass is 253 g/mol. The largest absolute Gasteiger partial charge is 0.481 e. The van der Waals surface area contributed by atoms with Gasteiger partial charge in [-0.1, -0.05) is 12.7 Å². The molecule has 1 heterocycles. The van der Waals surface area contributed by atoms with Crippen molar-refractivity contribution in [2.75, 3.05) is 19.7 Å². The van der Waals surface area contributed by atoms with Crippen molar-refractivity contribution in [3.8, 4) is 0 Å². The van der Waals surface area contributed by atoms with Crippen LogP contribution >= 0.6 is 0 Å². The summed E-state index contributed by atoms with van der Waals surface area (Å²) in [7, 11) is 0. The third-order valence-corrected chi connectivity index (χ3v) is 3.89. The van der Waals surface area contributed by atoms with E-state index in [4.69, 9.17) is 9.84 Å². The Bertz CT molecular complexity index is 355. The van der Waals surface area contributed by atoms with Gasteiger partial charge in [0.25, 0.3) is 0 Å².